The Morgan fingerprint density at radius 1 is 1.68 bits per heavy atom. The minimum absolute atomic E-state index is 0.0622. The van der Waals surface area contributed by atoms with Crippen LogP contribution in [0.2, 0.25) is 5.02 Å². The Morgan fingerprint density at radius 2 is 2.42 bits per heavy atom. The summed E-state index contributed by atoms with van der Waals surface area (Å²) in [6.45, 7) is 5.74. The van der Waals surface area contributed by atoms with Crippen LogP contribution >= 0.6 is 11.6 Å². The van der Waals surface area contributed by atoms with Gasteiger partial charge in [-0.3, -0.25) is 10.1 Å². The monoisotopic (exact) mass is 285 g/mol. The highest BCUT2D eigenvalue weighted by atomic mass is 35.5. The first-order chi connectivity index (χ1) is 8.95. The first-order valence-electron chi connectivity index (χ1n) is 6.14. The Kier molecular flexibility index (Phi) is 3.91. The van der Waals surface area contributed by atoms with Gasteiger partial charge in [0.05, 0.1) is 22.2 Å². The molecule has 7 heteroatoms. The first-order valence-corrected chi connectivity index (χ1v) is 6.52. The third-order valence-corrected chi connectivity index (χ3v) is 3.60. The van der Waals surface area contributed by atoms with E-state index in [0.29, 0.717) is 25.5 Å². The molecular formula is C12H16ClN3O3. The van der Waals surface area contributed by atoms with E-state index < -0.39 is 4.92 Å². The molecule has 1 aromatic rings. The van der Waals surface area contributed by atoms with Crippen LogP contribution in [0, 0.1) is 10.1 Å². The van der Waals surface area contributed by atoms with E-state index in [-0.39, 0.29) is 16.3 Å². The third kappa shape index (κ3) is 2.96. The van der Waals surface area contributed by atoms with Gasteiger partial charge in [0.15, 0.2) is 0 Å². The number of hydrogen-bond donors (Lipinski definition) is 0. The molecule has 6 nitrogen and oxygen atoms in total. The lowest BCUT2D eigenvalue weighted by Crippen LogP contribution is -2.50. The second-order valence-electron chi connectivity index (χ2n) is 4.83. The number of aromatic nitrogens is 1. The van der Waals surface area contributed by atoms with Gasteiger partial charge in [-0.25, -0.2) is 4.98 Å². The SMILES string of the molecule is CCC1(C)CN(c2ncc(Cl)cc2[N+](=O)[O-])CCO1. The molecule has 0 saturated carbocycles. The van der Waals surface area contributed by atoms with Crippen molar-refractivity contribution in [3.05, 3.63) is 27.4 Å². The maximum atomic E-state index is 11.1. The molecular weight excluding hydrogens is 270 g/mol. The van der Waals surface area contributed by atoms with E-state index >= 15 is 0 Å². The molecule has 1 unspecified atom stereocenters. The van der Waals surface area contributed by atoms with Gasteiger partial charge in [0.2, 0.25) is 5.82 Å². The number of ether oxygens (including phenoxy) is 1. The molecule has 0 amide bonds. The van der Waals surface area contributed by atoms with Crippen molar-refractivity contribution in [3.8, 4) is 0 Å². The van der Waals surface area contributed by atoms with E-state index in [4.69, 9.17) is 16.3 Å². The predicted octanol–water partition coefficient (Wildman–Crippen LogP) is 2.65. The molecule has 1 saturated heterocycles. The molecule has 1 fully saturated rings. The summed E-state index contributed by atoms with van der Waals surface area (Å²) in [4.78, 5) is 16.7. The van der Waals surface area contributed by atoms with Crippen LogP contribution in [0.25, 0.3) is 0 Å². The van der Waals surface area contributed by atoms with Crippen molar-refractivity contribution in [3.63, 3.8) is 0 Å². The smallest absolute Gasteiger partial charge is 0.313 e. The number of anilines is 1. The standard InChI is InChI=1S/C12H16ClN3O3/c1-3-12(2)8-15(4-5-19-12)11-10(16(17)18)6-9(13)7-14-11/h6-7H,3-5,8H2,1-2H3. The minimum atomic E-state index is -0.451. The molecule has 0 N–H and O–H groups in total. The second kappa shape index (κ2) is 5.30. The van der Waals surface area contributed by atoms with Crippen molar-refractivity contribution >= 4 is 23.1 Å². The molecule has 0 spiro atoms. The van der Waals surface area contributed by atoms with E-state index in [0.717, 1.165) is 6.42 Å². The molecule has 0 aromatic carbocycles. The van der Waals surface area contributed by atoms with Crippen molar-refractivity contribution in [2.75, 3.05) is 24.6 Å². The normalized spacial score (nSPS) is 23.4. The fourth-order valence-corrected chi connectivity index (χ4v) is 2.28. The lowest BCUT2D eigenvalue weighted by Gasteiger charge is -2.40. The quantitative estimate of drug-likeness (QED) is 0.631. The highest BCUT2D eigenvalue weighted by Gasteiger charge is 2.33. The molecule has 0 bridgehead atoms. The average molecular weight is 286 g/mol. The molecule has 1 aliphatic heterocycles. The molecule has 1 atom stereocenters. The van der Waals surface area contributed by atoms with Crippen LogP contribution in [-0.2, 0) is 4.74 Å². The Balaban J connectivity index is 2.33. The topological polar surface area (TPSA) is 68.5 Å². The van der Waals surface area contributed by atoms with Gasteiger partial charge < -0.3 is 9.64 Å². The molecule has 19 heavy (non-hydrogen) atoms. The highest BCUT2D eigenvalue weighted by Crippen LogP contribution is 2.32. The summed E-state index contributed by atoms with van der Waals surface area (Å²) in [6, 6.07) is 1.34. The Hall–Kier alpha value is -1.40. The lowest BCUT2D eigenvalue weighted by atomic mass is 10.0. The molecule has 0 radical (unpaired) electrons. The van der Waals surface area contributed by atoms with Crippen LogP contribution in [0.5, 0.6) is 0 Å². The van der Waals surface area contributed by atoms with Crippen molar-refractivity contribution < 1.29 is 9.66 Å². The van der Waals surface area contributed by atoms with E-state index in [1.165, 1.54) is 12.3 Å². The number of nitrogens with zero attached hydrogens (tertiary/aromatic N) is 3. The summed E-state index contributed by atoms with van der Waals surface area (Å²) < 4.78 is 5.73. The van der Waals surface area contributed by atoms with Crippen LogP contribution in [0.4, 0.5) is 11.5 Å². The molecule has 104 valence electrons. The molecule has 2 rings (SSSR count). The summed E-state index contributed by atoms with van der Waals surface area (Å²) >= 11 is 5.77. The van der Waals surface area contributed by atoms with Gasteiger partial charge in [-0.05, 0) is 13.3 Å². The van der Waals surface area contributed by atoms with Crippen LogP contribution in [0.1, 0.15) is 20.3 Å². The fraction of sp³-hybridized carbons (Fsp3) is 0.583. The maximum absolute atomic E-state index is 11.1. The van der Waals surface area contributed by atoms with Gasteiger partial charge in [-0.1, -0.05) is 18.5 Å². The van der Waals surface area contributed by atoms with Gasteiger partial charge in [0.1, 0.15) is 0 Å². The first kappa shape index (κ1) is 14.0. The van der Waals surface area contributed by atoms with Crippen LogP contribution in [0.15, 0.2) is 12.3 Å². The van der Waals surface area contributed by atoms with Crippen LogP contribution in [-0.4, -0.2) is 35.2 Å². The Morgan fingerprint density at radius 3 is 3.05 bits per heavy atom. The summed E-state index contributed by atoms with van der Waals surface area (Å²) in [5.74, 6) is 0.359. The fourth-order valence-electron chi connectivity index (χ4n) is 2.12. The maximum Gasteiger partial charge on any atom is 0.313 e. The second-order valence-corrected chi connectivity index (χ2v) is 5.26. The van der Waals surface area contributed by atoms with Gasteiger partial charge in [0, 0.05) is 25.4 Å². The highest BCUT2D eigenvalue weighted by molar-refractivity contribution is 6.30. The molecule has 1 aromatic heterocycles. The van der Waals surface area contributed by atoms with Crippen molar-refractivity contribution in [2.45, 2.75) is 25.9 Å². The van der Waals surface area contributed by atoms with Crippen molar-refractivity contribution in [1.82, 2.24) is 4.98 Å². The largest absolute Gasteiger partial charge is 0.372 e. The summed E-state index contributed by atoms with van der Waals surface area (Å²) in [5, 5.41) is 11.4. The third-order valence-electron chi connectivity index (χ3n) is 3.40. The Bertz CT molecular complexity index is 497. The zero-order valence-corrected chi connectivity index (χ0v) is 11.7. The van der Waals surface area contributed by atoms with Crippen molar-refractivity contribution in [2.24, 2.45) is 0 Å². The number of halogens is 1. The van der Waals surface area contributed by atoms with E-state index in [1.807, 2.05) is 18.7 Å². The lowest BCUT2D eigenvalue weighted by molar-refractivity contribution is -0.384. The molecule has 0 aliphatic carbocycles. The zero-order chi connectivity index (χ0) is 14.0. The minimum Gasteiger partial charge on any atom is -0.372 e. The predicted molar refractivity (Wildman–Crippen MR) is 72.8 cm³/mol. The summed E-state index contributed by atoms with van der Waals surface area (Å²) in [6.07, 6.45) is 2.27. The van der Waals surface area contributed by atoms with Gasteiger partial charge in [-0.15, -0.1) is 0 Å². The summed E-state index contributed by atoms with van der Waals surface area (Å²) in [5.41, 5.74) is -0.360. The van der Waals surface area contributed by atoms with Gasteiger partial charge in [-0.2, -0.15) is 0 Å². The van der Waals surface area contributed by atoms with Crippen LogP contribution < -0.4 is 4.90 Å². The molecule has 2 heterocycles. The number of pyridine rings is 1. The van der Waals surface area contributed by atoms with E-state index in [1.54, 1.807) is 0 Å². The van der Waals surface area contributed by atoms with E-state index in [2.05, 4.69) is 4.98 Å². The number of rotatable bonds is 3. The molecule has 1 aliphatic rings. The van der Waals surface area contributed by atoms with Crippen molar-refractivity contribution in [1.29, 1.82) is 0 Å². The van der Waals surface area contributed by atoms with Gasteiger partial charge in [0.25, 0.3) is 0 Å². The number of hydrogen-bond acceptors (Lipinski definition) is 5. The number of nitro groups is 1. The van der Waals surface area contributed by atoms with Crippen LogP contribution in [0.3, 0.4) is 0 Å². The van der Waals surface area contributed by atoms with E-state index in [9.17, 15) is 10.1 Å². The number of morpholine rings is 1. The Labute approximate surface area is 116 Å². The average Bonchev–Trinajstić information content (AvgIpc) is 2.38. The summed E-state index contributed by atoms with van der Waals surface area (Å²) in [7, 11) is 0. The van der Waals surface area contributed by atoms with Gasteiger partial charge >= 0.3 is 5.69 Å². The zero-order valence-electron chi connectivity index (χ0n) is 10.9.